The summed E-state index contributed by atoms with van der Waals surface area (Å²) in [4.78, 5) is 19.8. The molecule has 0 atom stereocenters. The summed E-state index contributed by atoms with van der Waals surface area (Å²) >= 11 is 30.1. The first kappa shape index (κ1) is 16.9. The summed E-state index contributed by atoms with van der Waals surface area (Å²) in [5, 5.41) is -0.0744. The number of carbonyl (C=O) groups is 1. The number of hydrogen-bond donors (Lipinski definition) is 1. The molecule has 1 aromatic carbocycles. The zero-order valence-corrected chi connectivity index (χ0v) is 14.7. The number of benzene rings is 1. The van der Waals surface area contributed by atoms with Crippen molar-refractivity contribution in [1.82, 2.24) is 9.97 Å². The van der Waals surface area contributed by atoms with E-state index in [4.69, 9.17) is 58.0 Å². The van der Waals surface area contributed by atoms with E-state index in [1.807, 2.05) is 6.92 Å². The van der Waals surface area contributed by atoms with E-state index in [0.29, 0.717) is 23.6 Å². The monoisotopic (exact) mass is 384 g/mol. The van der Waals surface area contributed by atoms with Gasteiger partial charge in [-0.05, 0) is 6.92 Å². The number of aryl methyl sites for hydroxylation is 2. The van der Waals surface area contributed by atoms with Gasteiger partial charge in [0.1, 0.15) is 11.5 Å². The molecule has 0 aliphatic carbocycles. The van der Waals surface area contributed by atoms with Crippen molar-refractivity contribution >= 4 is 63.8 Å². The lowest BCUT2D eigenvalue weighted by molar-refractivity contribution is 0.103. The normalized spacial score (nSPS) is 11.0. The van der Waals surface area contributed by atoms with E-state index >= 15 is 0 Å². The molecule has 0 spiro atoms. The van der Waals surface area contributed by atoms with Crippen LogP contribution in [0.5, 0.6) is 0 Å². The van der Waals surface area contributed by atoms with Crippen molar-refractivity contribution in [2.24, 2.45) is 0 Å². The number of aromatic amines is 1. The minimum atomic E-state index is -0.435. The number of aromatic nitrogens is 2. The SMILES string of the molecule is CCc1nc(C)c(C(=O)c2c(Cl)c(Cl)c(Cl)c(Cl)c2Cl)[nH]1. The Labute approximate surface area is 146 Å². The van der Waals surface area contributed by atoms with E-state index in [9.17, 15) is 4.79 Å². The molecule has 1 N–H and O–H groups in total. The highest BCUT2D eigenvalue weighted by atomic mass is 35.5. The van der Waals surface area contributed by atoms with Gasteiger partial charge in [-0.25, -0.2) is 4.98 Å². The van der Waals surface area contributed by atoms with Gasteiger partial charge in [-0.1, -0.05) is 64.9 Å². The molecular formula is C13H9Cl5N2O. The maximum absolute atomic E-state index is 12.7. The van der Waals surface area contributed by atoms with Gasteiger partial charge in [-0.3, -0.25) is 4.79 Å². The predicted molar refractivity (Wildman–Crippen MR) is 87.6 cm³/mol. The highest BCUT2D eigenvalue weighted by molar-refractivity contribution is 6.56. The van der Waals surface area contributed by atoms with Crippen LogP contribution in [0.25, 0.3) is 0 Å². The summed E-state index contributed by atoms with van der Waals surface area (Å²) in [6.45, 7) is 3.63. The number of hydrogen-bond acceptors (Lipinski definition) is 2. The highest BCUT2D eigenvalue weighted by Gasteiger charge is 2.27. The van der Waals surface area contributed by atoms with Crippen LogP contribution in [0.3, 0.4) is 0 Å². The van der Waals surface area contributed by atoms with Crippen LogP contribution in [0.2, 0.25) is 25.1 Å². The summed E-state index contributed by atoms with van der Waals surface area (Å²) in [7, 11) is 0. The van der Waals surface area contributed by atoms with Crippen LogP contribution < -0.4 is 0 Å². The Morgan fingerprint density at radius 3 is 1.90 bits per heavy atom. The number of nitrogens with one attached hydrogen (secondary N) is 1. The summed E-state index contributed by atoms with van der Waals surface area (Å²) in [5.74, 6) is 0.254. The first-order valence-electron chi connectivity index (χ1n) is 5.91. The molecule has 2 aromatic rings. The van der Waals surface area contributed by atoms with Gasteiger partial charge in [0.25, 0.3) is 0 Å². The van der Waals surface area contributed by atoms with Crippen molar-refractivity contribution in [3.63, 3.8) is 0 Å². The molecule has 2 rings (SSSR count). The quantitative estimate of drug-likeness (QED) is 0.413. The zero-order valence-electron chi connectivity index (χ0n) is 11.0. The van der Waals surface area contributed by atoms with Crippen LogP contribution in [0.15, 0.2) is 0 Å². The minimum absolute atomic E-state index is 0.00661. The molecule has 21 heavy (non-hydrogen) atoms. The molecule has 0 radical (unpaired) electrons. The molecule has 3 nitrogen and oxygen atoms in total. The number of rotatable bonds is 3. The number of halogens is 5. The fraction of sp³-hybridized carbons (Fsp3) is 0.231. The number of carbonyl (C=O) groups excluding carboxylic acids is 1. The van der Waals surface area contributed by atoms with Crippen LogP contribution in [-0.2, 0) is 6.42 Å². The molecular weight excluding hydrogens is 377 g/mol. The molecule has 0 amide bonds. The molecule has 1 aromatic heterocycles. The van der Waals surface area contributed by atoms with Crippen LogP contribution in [0.1, 0.15) is 34.5 Å². The third-order valence-electron chi connectivity index (χ3n) is 2.93. The average molecular weight is 386 g/mol. The molecule has 0 unspecified atom stereocenters. The fourth-order valence-electron chi connectivity index (χ4n) is 1.84. The lowest BCUT2D eigenvalue weighted by Gasteiger charge is -2.11. The summed E-state index contributed by atoms with van der Waals surface area (Å²) in [5.41, 5.74) is 0.850. The number of ketones is 1. The molecule has 0 aliphatic rings. The van der Waals surface area contributed by atoms with Crippen molar-refractivity contribution in [3.05, 3.63) is 47.9 Å². The Bertz CT molecular complexity index is 710. The molecule has 1 heterocycles. The van der Waals surface area contributed by atoms with Crippen LogP contribution in [0.4, 0.5) is 0 Å². The summed E-state index contributed by atoms with van der Waals surface area (Å²) in [6.07, 6.45) is 0.664. The van der Waals surface area contributed by atoms with E-state index in [2.05, 4.69) is 9.97 Å². The Balaban J connectivity index is 2.66. The third-order valence-corrected chi connectivity index (χ3v) is 5.21. The number of imidazole rings is 1. The Hall–Kier alpha value is -0.450. The summed E-state index contributed by atoms with van der Waals surface area (Å²) < 4.78 is 0. The molecule has 0 saturated carbocycles. The minimum Gasteiger partial charge on any atom is -0.339 e. The van der Waals surface area contributed by atoms with Gasteiger partial charge in [0, 0.05) is 6.42 Å². The molecule has 0 aliphatic heterocycles. The second-order valence-electron chi connectivity index (χ2n) is 4.27. The van der Waals surface area contributed by atoms with Gasteiger partial charge in [0.05, 0.1) is 36.4 Å². The van der Waals surface area contributed by atoms with Crippen molar-refractivity contribution in [1.29, 1.82) is 0 Å². The Morgan fingerprint density at radius 2 is 1.48 bits per heavy atom. The molecule has 0 bridgehead atoms. The van der Waals surface area contributed by atoms with Crippen LogP contribution >= 0.6 is 58.0 Å². The second-order valence-corrected chi connectivity index (χ2v) is 6.16. The number of nitrogens with zero attached hydrogens (tertiary/aromatic N) is 1. The van der Waals surface area contributed by atoms with Gasteiger partial charge in [0.15, 0.2) is 0 Å². The van der Waals surface area contributed by atoms with E-state index in [1.54, 1.807) is 6.92 Å². The maximum atomic E-state index is 12.7. The van der Waals surface area contributed by atoms with E-state index < -0.39 is 5.78 Å². The van der Waals surface area contributed by atoms with E-state index in [1.165, 1.54) is 0 Å². The smallest absolute Gasteiger partial charge is 0.214 e. The van der Waals surface area contributed by atoms with Crippen molar-refractivity contribution in [2.45, 2.75) is 20.3 Å². The molecule has 8 heteroatoms. The Kier molecular flexibility index (Phi) is 5.11. The molecule has 0 saturated heterocycles. The molecule has 0 fully saturated rings. The van der Waals surface area contributed by atoms with Crippen LogP contribution in [-0.4, -0.2) is 15.8 Å². The van der Waals surface area contributed by atoms with E-state index in [-0.39, 0.29) is 30.7 Å². The number of H-pyrrole nitrogens is 1. The standard InChI is InChI=1S/C13H9Cl5N2O/c1-3-5-19-4(2)12(20-5)13(21)6-7(14)9(16)11(18)10(17)8(6)15/h3H2,1-2H3,(H,19,20). The van der Waals surface area contributed by atoms with Gasteiger partial charge < -0.3 is 4.98 Å². The molecule has 112 valence electrons. The van der Waals surface area contributed by atoms with Gasteiger partial charge >= 0.3 is 0 Å². The maximum Gasteiger partial charge on any atom is 0.214 e. The average Bonchev–Trinajstić information content (AvgIpc) is 2.84. The topological polar surface area (TPSA) is 45.8 Å². The van der Waals surface area contributed by atoms with Crippen molar-refractivity contribution in [2.75, 3.05) is 0 Å². The largest absolute Gasteiger partial charge is 0.339 e. The predicted octanol–water partition coefficient (Wildman–Crippen LogP) is 5.78. The van der Waals surface area contributed by atoms with E-state index in [0.717, 1.165) is 0 Å². The van der Waals surface area contributed by atoms with Crippen molar-refractivity contribution < 1.29 is 4.79 Å². The third kappa shape index (κ3) is 2.90. The Morgan fingerprint density at radius 1 is 1.00 bits per heavy atom. The van der Waals surface area contributed by atoms with Gasteiger partial charge in [-0.15, -0.1) is 0 Å². The lowest BCUT2D eigenvalue weighted by atomic mass is 10.1. The fourth-order valence-corrected chi connectivity index (χ4v) is 3.15. The van der Waals surface area contributed by atoms with Crippen molar-refractivity contribution in [3.8, 4) is 0 Å². The van der Waals surface area contributed by atoms with Crippen LogP contribution in [0, 0.1) is 6.92 Å². The van der Waals surface area contributed by atoms with Gasteiger partial charge in [0.2, 0.25) is 5.78 Å². The van der Waals surface area contributed by atoms with Gasteiger partial charge in [-0.2, -0.15) is 0 Å². The highest BCUT2D eigenvalue weighted by Crippen LogP contribution is 2.44. The first-order chi connectivity index (χ1) is 9.79. The second kappa shape index (κ2) is 6.35. The summed E-state index contributed by atoms with van der Waals surface area (Å²) in [6, 6.07) is 0. The first-order valence-corrected chi connectivity index (χ1v) is 7.80. The lowest BCUT2D eigenvalue weighted by Crippen LogP contribution is -2.07. The zero-order chi connectivity index (χ0) is 15.9.